The topological polar surface area (TPSA) is 78.9 Å². The number of ether oxygens (including phenoxy) is 3. The first-order chi connectivity index (χ1) is 35.0. The molecule has 0 saturated carbocycles. The molecule has 0 aliphatic heterocycles. The standard InChI is InChI=1S/C65H110O6/c1-4-7-10-13-16-19-22-25-28-30-32-34-37-39-42-45-48-51-54-57-63(66)69-60-62(71-65(68)59-56-53-50-47-44-41-36-27-24-21-18-15-12-9-6-3)61-70-64(67)58-55-52-49-46-43-40-38-35-33-31-29-26-23-20-17-14-11-8-5-2/h7,9-10,12,16,18-19,21,25,27-28,32,34,36,39,42,62H,4-6,8,11,13-15,17,20,22-24,26,29-31,33,35,37-38,40-41,43-61H2,1-3H3/b10-7-,12-9-,19-16-,21-18-,28-25-,34-32-,36-27-,42-39-/t62-/m1/s1. The fraction of sp³-hybridized carbons (Fsp3) is 0.708. The maximum absolute atomic E-state index is 12.9. The van der Waals surface area contributed by atoms with Crippen molar-refractivity contribution in [2.24, 2.45) is 0 Å². The smallest absolute Gasteiger partial charge is 0.306 e. The molecule has 0 aromatic rings. The van der Waals surface area contributed by atoms with Gasteiger partial charge in [0.1, 0.15) is 13.2 Å². The Bertz CT molecular complexity index is 1410. The van der Waals surface area contributed by atoms with Gasteiger partial charge in [0.15, 0.2) is 6.10 Å². The van der Waals surface area contributed by atoms with Gasteiger partial charge in [0, 0.05) is 19.3 Å². The molecule has 0 aromatic carbocycles. The second-order valence-corrected chi connectivity index (χ2v) is 19.5. The highest BCUT2D eigenvalue weighted by Gasteiger charge is 2.19. The molecule has 406 valence electrons. The summed E-state index contributed by atoms with van der Waals surface area (Å²) in [6.45, 7) is 6.39. The molecule has 0 unspecified atom stereocenters. The fourth-order valence-corrected chi connectivity index (χ4v) is 8.19. The molecule has 0 N–H and O–H groups in total. The zero-order chi connectivity index (χ0) is 51.4. The maximum Gasteiger partial charge on any atom is 0.306 e. The van der Waals surface area contributed by atoms with E-state index in [-0.39, 0.29) is 31.1 Å². The van der Waals surface area contributed by atoms with Gasteiger partial charge >= 0.3 is 17.9 Å². The second-order valence-electron chi connectivity index (χ2n) is 19.5. The van der Waals surface area contributed by atoms with Crippen LogP contribution in [0.5, 0.6) is 0 Å². The average Bonchev–Trinajstić information content (AvgIpc) is 3.37. The Balaban J connectivity index is 4.43. The highest BCUT2D eigenvalue weighted by atomic mass is 16.6. The fourth-order valence-electron chi connectivity index (χ4n) is 8.19. The third-order valence-electron chi connectivity index (χ3n) is 12.6. The van der Waals surface area contributed by atoms with Crippen LogP contribution in [0, 0.1) is 0 Å². The molecule has 71 heavy (non-hydrogen) atoms. The molecule has 6 nitrogen and oxygen atoms in total. The maximum atomic E-state index is 12.9. The molecule has 0 aliphatic carbocycles. The zero-order valence-corrected chi connectivity index (χ0v) is 46.5. The van der Waals surface area contributed by atoms with Crippen LogP contribution >= 0.6 is 0 Å². The number of rotatable bonds is 53. The molecular formula is C65H110O6. The summed E-state index contributed by atoms with van der Waals surface area (Å²) < 4.78 is 16.9. The van der Waals surface area contributed by atoms with Crippen LogP contribution in [0.1, 0.15) is 278 Å². The summed E-state index contributed by atoms with van der Waals surface area (Å²) in [5.41, 5.74) is 0. The Morgan fingerprint density at radius 1 is 0.296 bits per heavy atom. The lowest BCUT2D eigenvalue weighted by atomic mass is 10.0. The van der Waals surface area contributed by atoms with Gasteiger partial charge in [-0.2, -0.15) is 0 Å². The first kappa shape index (κ1) is 67.3. The van der Waals surface area contributed by atoms with Gasteiger partial charge < -0.3 is 14.2 Å². The molecule has 0 aromatic heterocycles. The summed E-state index contributed by atoms with van der Waals surface area (Å²) in [7, 11) is 0. The van der Waals surface area contributed by atoms with Crippen molar-refractivity contribution in [2.75, 3.05) is 13.2 Å². The Morgan fingerprint density at radius 2 is 0.549 bits per heavy atom. The van der Waals surface area contributed by atoms with Crippen LogP contribution in [0.3, 0.4) is 0 Å². The largest absolute Gasteiger partial charge is 0.462 e. The van der Waals surface area contributed by atoms with Crippen LogP contribution in [0.25, 0.3) is 0 Å². The third-order valence-corrected chi connectivity index (χ3v) is 12.6. The van der Waals surface area contributed by atoms with E-state index in [1.807, 2.05) is 0 Å². The predicted molar refractivity (Wildman–Crippen MR) is 307 cm³/mol. The van der Waals surface area contributed by atoms with Gasteiger partial charge in [0.05, 0.1) is 0 Å². The van der Waals surface area contributed by atoms with Crippen LogP contribution in [0.15, 0.2) is 97.2 Å². The summed E-state index contributed by atoms with van der Waals surface area (Å²) in [5.74, 6) is -0.937. The molecule has 0 rings (SSSR count). The third kappa shape index (κ3) is 57.1. The van der Waals surface area contributed by atoms with Gasteiger partial charge in [-0.05, 0) is 96.3 Å². The van der Waals surface area contributed by atoms with Gasteiger partial charge in [-0.25, -0.2) is 0 Å². The minimum Gasteiger partial charge on any atom is -0.462 e. The van der Waals surface area contributed by atoms with Crippen molar-refractivity contribution < 1.29 is 28.6 Å². The van der Waals surface area contributed by atoms with Crippen molar-refractivity contribution in [1.82, 2.24) is 0 Å². The summed E-state index contributed by atoms with van der Waals surface area (Å²) in [6, 6.07) is 0. The van der Waals surface area contributed by atoms with E-state index in [1.54, 1.807) is 0 Å². The number of unbranched alkanes of at least 4 members (excludes halogenated alkanes) is 26. The molecule has 0 fully saturated rings. The predicted octanol–water partition coefficient (Wildman–Crippen LogP) is 20.1. The summed E-state index contributed by atoms with van der Waals surface area (Å²) in [6.07, 6.45) is 78.3. The number of carbonyl (C=O) groups is 3. The Morgan fingerprint density at radius 3 is 0.873 bits per heavy atom. The van der Waals surface area contributed by atoms with Crippen molar-refractivity contribution >= 4 is 17.9 Å². The number of hydrogen-bond donors (Lipinski definition) is 0. The lowest BCUT2D eigenvalue weighted by molar-refractivity contribution is -0.167. The molecule has 0 aliphatic rings. The van der Waals surface area contributed by atoms with Crippen LogP contribution < -0.4 is 0 Å². The van der Waals surface area contributed by atoms with Crippen molar-refractivity contribution in [2.45, 2.75) is 284 Å². The van der Waals surface area contributed by atoms with Crippen LogP contribution in [-0.4, -0.2) is 37.2 Å². The quantitative estimate of drug-likeness (QED) is 0.0261. The van der Waals surface area contributed by atoms with Gasteiger partial charge in [-0.3, -0.25) is 14.4 Å². The molecule has 1 atom stereocenters. The van der Waals surface area contributed by atoms with E-state index in [4.69, 9.17) is 14.2 Å². The number of esters is 3. The highest BCUT2D eigenvalue weighted by Crippen LogP contribution is 2.16. The van der Waals surface area contributed by atoms with Gasteiger partial charge in [-0.1, -0.05) is 259 Å². The molecule has 0 bridgehead atoms. The van der Waals surface area contributed by atoms with E-state index >= 15 is 0 Å². The SMILES string of the molecule is CC/C=C\C/C=C\C/C=C\C/C=C\C/C=C\CCCCCC(=O)OC[C@H](COC(=O)CCCCCCCCCCCCCCCCCCCCC)OC(=O)CCCCCCC/C=C\C/C=C\C/C=C\CC. The monoisotopic (exact) mass is 987 g/mol. The van der Waals surface area contributed by atoms with E-state index in [0.717, 1.165) is 135 Å². The minimum absolute atomic E-state index is 0.0938. The second kappa shape index (κ2) is 58.9. The van der Waals surface area contributed by atoms with Crippen LogP contribution in [0.2, 0.25) is 0 Å². The summed E-state index contributed by atoms with van der Waals surface area (Å²) >= 11 is 0. The van der Waals surface area contributed by atoms with E-state index in [2.05, 4.69) is 118 Å². The summed E-state index contributed by atoms with van der Waals surface area (Å²) in [4.78, 5) is 38.2. The Kier molecular flexibility index (Phi) is 55.9. The molecule has 0 amide bonds. The lowest BCUT2D eigenvalue weighted by Crippen LogP contribution is -2.30. The van der Waals surface area contributed by atoms with Gasteiger partial charge in [-0.15, -0.1) is 0 Å². The lowest BCUT2D eigenvalue weighted by Gasteiger charge is -2.18. The van der Waals surface area contributed by atoms with Crippen LogP contribution in [0.4, 0.5) is 0 Å². The van der Waals surface area contributed by atoms with Crippen molar-refractivity contribution in [3.63, 3.8) is 0 Å². The normalized spacial score (nSPS) is 12.8. The van der Waals surface area contributed by atoms with Gasteiger partial charge in [0.2, 0.25) is 0 Å². The van der Waals surface area contributed by atoms with Crippen molar-refractivity contribution in [3.8, 4) is 0 Å². The number of allylic oxidation sites excluding steroid dienone is 16. The summed E-state index contributed by atoms with van der Waals surface area (Å²) in [5, 5.41) is 0. The first-order valence-corrected chi connectivity index (χ1v) is 29.7. The van der Waals surface area contributed by atoms with Crippen molar-refractivity contribution in [1.29, 1.82) is 0 Å². The average molecular weight is 988 g/mol. The van der Waals surface area contributed by atoms with E-state index in [1.165, 1.54) is 103 Å². The zero-order valence-electron chi connectivity index (χ0n) is 46.5. The highest BCUT2D eigenvalue weighted by molar-refractivity contribution is 5.71. The number of hydrogen-bond acceptors (Lipinski definition) is 6. The molecular weight excluding hydrogens is 877 g/mol. The van der Waals surface area contributed by atoms with Crippen LogP contribution in [-0.2, 0) is 28.6 Å². The minimum atomic E-state index is -0.801. The molecule has 0 radical (unpaired) electrons. The molecule has 6 heteroatoms. The molecule has 0 spiro atoms. The molecule has 0 heterocycles. The van der Waals surface area contributed by atoms with E-state index < -0.39 is 6.10 Å². The Labute approximate surface area is 438 Å². The number of carbonyl (C=O) groups excluding carboxylic acids is 3. The van der Waals surface area contributed by atoms with E-state index in [0.29, 0.717) is 19.3 Å². The first-order valence-electron chi connectivity index (χ1n) is 29.7. The van der Waals surface area contributed by atoms with Gasteiger partial charge in [0.25, 0.3) is 0 Å². The van der Waals surface area contributed by atoms with Crippen molar-refractivity contribution in [3.05, 3.63) is 97.2 Å². The Hall–Kier alpha value is -3.67. The molecule has 0 saturated heterocycles. The van der Waals surface area contributed by atoms with E-state index in [9.17, 15) is 14.4 Å².